The molecule has 0 atom stereocenters. The highest BCUT2D eigenvalue weighted by atomic mass is 32.2. The number of nitrogens with zero attached hydrogens (tertiary/aromatic N) is 3. The van der Waals surface area contributed by atoms with Gasteiger partial charge in [-0.1, -0.05) is 71.9 Å². The largest absolute Gasteiger partial charge is 0.302 e. The van der Waals surface area contributed by atoms with Crippen LogP contribution >= 0.6 is 11.8 Å². The third-order valence-electron chi connectivity index (χ3n) is 3.77. The average molecular weight is 337 g/mol. The number of aryl methyl sites for hydroxylation is 1. The summed E-state index contributed by atoms with van der Waals surface area (Å²) in [5.41, 5.74) is 2.92. The maximum atomic E-state index is 12.3. The molecule has 0 saturated carbocycles. The summed E-state index contributed by atoms with van der Waals surface area (Å²) < 4.78 is 2.04. The van der Waals surface area contributed by atoms with E-state index in [1.807, 2.05) is 66.1 Å². The van der Waals surface area contributed by atoms with Gasteiger partial charge in [0.15, 0.2) is 16.8 Å². The number of thioether (sulfide) groups is 1. The van der Waals surface area contributed by atoms with E-state index in [2.05, 4.69) is 17.1 Å². The van der Waals surface area contributed by atoms with Crippen molar-refractivity contribution in [1.82, 2.24) is 14.8 Å². The molecule has 0 saturated heterocycles. The van der Waals surface area contributed by atoms with Gasteiger partial charge in [-0.2, -0.15) is 0 Å². The Kier molecular flexibility index (Phi) is 5.11. The quantitative estimate of drug-likeness (QED) is 0.498. The first-order chi connectivity index (χ1) is 11.7. The van der Waals surface area contributed by atoms with Gasteiger partial charge in [0, 0.05) is 17.7 Å². The molecule has 0 unspecified atom stereocenters. The molecule has 0 aliphatic carbocycles. The van der Waals surface area contributed by atoms with Crippen molar-refractivity contribution < 1.29 is 4.79 Å². The monoisotopic (exact) mass is 337 g/mol. The molecule has 0 N–H and O–H groups in total. The number of aromatic nitrogens is 3. The number of benzene rings is 2. The van der Waals surface area contributed by atoms with Crippen LogP contribution in [0.2, 0.25) is 0 Å². The van der Waals surface area contributed by atoms with Crippen LogP contribution in [-0.4, -0.2) is 26.3 Å². The van der Waals surface area contributed by atoms with Gasteiger partial charge in [-0.3, -0.25) is 4.79 Å². The number of hydrogen-bond donors (Lipinski definition) is 0. The van der Waals surface area contributed by atoms with Gasteiger partial charge < -0.3 is 4.57 Å². The van der Waals surface area contributed by atoms with Crippen molar-refractivity contribution in [3.05, 3.63) is 65.7 Å². The third kappa shape index (κ3) is 3.57. The fourth-order valence-corrected chi connectivity index (χ4v) is 3.33. The second-order valence-electron chi connectivity index (χ2n) is 5.49. The van der Waals surface area contributed by atoms with Crippen LogP contribution in [0, 0.1) is 6.92 Å². The first kappa shape index (κ1) is 16.5. The van der Waals surface area contributed by atoms with E-state index >= 15 is 0 Å². The van der Waals surface area contributed by atoms with Gasteiger partial charge in [0.25, 0.3) is 0 Å². The van der Waals surface area contributed by atoms with Gasteiger partial charge in [0.1, 0.15) is 0 Å². The van der Waals surface area contributed by atoms with Crippen LogP contribution in [0.25, 0.3) is 11.4 Å². The van der Waals surface area contributed by atoms with Crippen molar-refractivity contribution in [2.75, 3.05) is 5.75 Å². The van der Waals surface area contributed by atoms with Gasteiger partial charge >= 0.3 is 0 Å². The van der Waals surface area contributed by atoms with Crippen LogP contribution in [0.5, 0.6) is 0 Å². The summed E-state index contributed by atoms with van der Waals surface area (Å²) in [5, 5.41) is 9.34. The van der Waals surface area contributed by atoms with Gasteiger partial charge in [-0.15, -0.1) is 10.2 Å². The molecule has 3 aromatic rings. The van der Waals surface area contributed by atoms with Gasteiger partial charge in [0.05, 0.1) is 5.75 Å². The molecule has 1 heterocycles. The summed E-state index contributed by atoms with van der Waals surface area (Å²) in [5.74, 6) is 1.30. The average Bonchev–Trinajstić information content (AvgIpc) is 3.04. The van der Waals surface area contributed by atoms with E-state index in [1.54, 1.807) is 0 Å². The molecule has 1 aromatic heterocycles. The molecule has 0 amide bonds. The summed E-state index contributed by atoms with van der Waals surface area (Å²) in [6, 6.07) is 17.6. The van der Waals surface area contributed by atoms with Crippen molar-refractivity contribution in [3.8, 4) is 11.4 Å². The van der Waals surface area contributed by atoms with Gasteiger partial charge in [0.2, 0.25) is 0 Å². The van der Waals surface area contributed by atoms with E-state index in [0.29, 0.717) is 5.75 Å². The maximum Gasteiger partial charge on any atom is 0.191 e. The minimum Gasteiger partial charge on any atom is -0.302 e. The van der Waals surface area contributed by atoms with E-state index in [-0.39, 0.29) is 5.78 Å². The van der Waals surface area contributed by atoms with Crippen LogP contribution in [0.3, 0.4) is 0 Å². The number of carbonyl (C=O) groups excluding carboxylic acids is 1. The molecule has 0 aliphatic heterocycles. The zero-order valence-corrected chi connectivity index (χ0v) is 14.6. The Morgan fingerprint density at radius 3 is 2.42 bits per heavy atom. The number of carbonyl (C=O) groups is 1. The van der Waals surface area contributed by atoms with E-state index in [1.165, 1.54) is 11.8 Å². The van der Waals surface area contributed by atoms with E-state index in [9.17, 15) is 4.79 Å². The van der Waals surface area contributed by atoms with E-state index < -0.39 is 0 Å². The molecule has 5 heteroatoms. The second-order valence-corrected chi connectivity index (χ2v) is 6.44. The third-order valence-corrected chi connectivity index (χ3v) is 4.74. The molecule has 3 rings (SSSR count). The highest BCUT2D eigenvalue weighted by molar-refractivity contribution is 7.99. The highest BCUT2D eigenvalue weighted by Crippen LogP contribution is 2.24. The lowest BCUT2D eigenvalue weighted by Crippen LogP contribution is -2.05. The Morgan fingerprint density at radius 1 is 1.04 bits per heavy atom. The summed E-state index contributed by atoms with van der Waals surface area (Å²) in [6.45, 7) is 4.83. The molecule has 24 heavy (non-hydrogen) atoms. The summed E-state index contributed by atoms with van der Waals surface area (Å²) >= 11 is 1.43. The number of rotatable bonds is 6. The Bertz CT molecular complexity index is 826. The normalized spacial score (nSPS) is 10.8. The summed E-state index contributed by atoms with van der Waals surface area (Å²) in [7, 11) is 0. The molecule has 0 bridgehead atoms. The first-order valence-corrected chi connectivity index (χ1v) is 8.89. The van der Waals surface area contributed by atoms with Crippen LogP contribution < -0.4 is 0 Å². The second kappa shape index (κ2) is 7.45. The number of ketones is 1. The Balaban J connectivity index is 1.75. The SMILES string of the molecule is CCn1c(SCC(=O)c2ccc(C)cc2)nnc1-c1ccccc1. The standard InChI is InChI=1S/C19H19N3OS/c1-3-22-18(16-7-5-4-6-8-16)20-21-19(22)24-13-17(23)15-11-9-14(2)10-12-15/h4-12H,3,13H2,1-2H3. The molecule has 2 aromatic carbocycles. The molecular formula is C19H19N3OS. The van der Waals surface area contributed by atoms with Crippen molar-refractivity contribution in [2.45, 2.75) is 25.5 Å². The summed E-state index contributed by atoms with van der Waals surface area (Å²) in [4.78, 5) is 12.3. The van der Waals surface area contributed by atoms with Crippen molar-refractivity contribution in [2.24, 2.45) is 0 Å². The fourth-order valence-electron chi connectivity index (χ4n) is 2.43. The molecule has 0 fully saturated rings. The lowest BCUT2D eigenvalue weighted by atomic mass is 10.1. The smallest absolute Gasteiger partial charge is 0.191 e. The predicted octanol–water partition coefficient (Wildman–Crippen LogP) is 4.25. The van der Waals surface area contributed by atoms with Crippen LogP contribution in [0.15, 0.2) is 59.8 Å². The van der Waals surface area contributed by atoms with Crippen molar-refractivity contribution in [3.63, 3.8) is 0 Å². The minimum absolute atomic E-state index is 0.104. The highest BCUT2D eigenvalue weighted by Gasteiger charge is 2.15. The first-order valence-electron chi connectivity index (χ1n) is 7.90. The maximum absolute atomic E-state index is 12.3. The predicted molar refractivity (Wildman–Crippen MR) is 97.4 cm³/mol. The van der Waals surface area contributed by atoms with Gasteiger partial charge in [-0.05, 0) is 13.8 Å². The van der Waals surface area contributed by atoms with Crippen LogP contribution in [0.4, 0.5) is 0 Å². The minimum atomic E-state index is 0.104. The zero-order valence-electron chi connectivity index (χ0n) is 13.8. The molecule has 0 spiro atoms. The van der Waals surface area contributed by atoms with Crippen molar-refractivity contribution in [1.29, 1.82) is 0 Å². The molecule has 0 radical (unpaired) electrons. The Morgan fingerprint density at radius 2 is 1.75 bits per heavy atom. The number of Topliss-reactive ketones (excluding diaryl/α,β-unsaturated/α-hetero) is 1. The fraction of sp³-hybridized carbons (Fsp3) is 0.211. The van der Waals surface area contributed by atoms with Crippen molar-refractivity contribution >= 4 is 17.5 Å². The molecule has 4 nitrogen and oxygen atoms in total. The van der Waals surface area contributed by atoms with Crippen LogP contribution in [-0.2, 0) is 6.54 Å². The molecular weight excluding hydrogens is 318 g/mol. The number of hydrogen-bond acceptors (Lipinski definition) is 4. The Hall–Kier alpha value is -2.40. The Labute approximate surface area is 145 Å². The van der Waals surface area contributed by atoms with E-state index in [4.69, 9.17) is 0 Å². The zero-order chi connectivity index (χ0) is 16.9. The summed E-state index contributed by atoms with van der Waals surface area (Å²) in [6.07, 6.45) is 0. The van der Waals surface area contributed by atoms with Gasteiger partial charge in [-0.25, -0.2) is 0 Å². The van der Waals surface area contributed by atoms with Crippen LogP contribution in [0.1, 0.15) is 22.8 Å². The molecule has 0 aliphatic rings. The lowest BCUT2D eigenvalue weighted by molar-refractivity contribution is 0.102. The lowest BCUT2D eigenvalue weighted by Gasteiger charge is -2.07. The molecule has 122 valence electrons. The topological polar surface area (TPSA) is 47.8 Å². The van der Waals surface area contributed by atoms with E-state index in [0.717, 1.165) is 34.2 Å².